The maximum Gasteiger partial charge on any atom is 0.310 e. The normalized spacial score (nSPS) is 8.87. The third kappa shape index (κ3) is 4.84. The van der Waals surface area contributed by atoms with Gasteiger partial charge >= 0.3 is 5.97 Å². The number of hydrogen-bond acceptors (Lipinski definition) is 2. The van der Waals surface area contributed by atoms with Gasteiger partial charge in [-0.1, -0.05) is 30.3 Å². The fourth-order valence-electron chi connectivity index (χ4n) is 1.07. The summed E-state index contributed by atoms with van der Waals surface area (Å²) in [6.07, 6.45) is 3.78. The smallest absolute Gasteiger partial charge is 0.310 e. The molecule has 0 saturated heterocycles. The number of rotatable bonds is 4. The summed E-state index contributed by atoms with van der Waals surface area (Å²) >= 11 is 0. The lowest BCUT2D eigenvalue weighted by molar-refractivity contribution is -0.142. The fraction of sp³-hybridized carbons (Fsp3) is 0.231. The molecule has 1 aromatic carbocycles. The maximum absolute atomic E-state index is 10.9. The Bertz CT molecular complexity index is 359. The molecule has 0 aromatic heterocycles. The van der Waals surface area contributed by atoms with Crippen molar-refractivity contribution in [3.05, 3.63) is 47.7 Å². The van der Waals surface area contributed by atoms with Crippen molar-refractivity contribution in [2.24, 2.45) is 0 Å². The zero-order chi connectivity index (χ0) is 10.9. The molecule has 0 unspecified atom stereocenters. The summed E-state index contributed by atoms with van der Waals surface area (Å²) in [6, 6.07) is 9.83. The highest BCUT2D eigenvalue weighted by Crippen LogP contribution is 1.99. The molecule has 78 valence electrons. The molecule has 1 aromatic rings. The number of esters is 1. The van der Waals surface area contributed by atoms with Crippen LogP contribution in [0.3, 0.4) is 0 Å². The Morgan fingerprint density at radius 3 is 2.80 bits per heavy atom. The lowest BCUT2D eigenvalue weighted by Crippen LogP contribution is -2.00. The Morgan fingerprint density at radius 1 is 1.40 bits per heavy atom. The summed E-state index contributed by atoms with van der Waals surface area (Å²) in [5.74, 6) is -0.216. The Balaban J connectivity index is 2.44. The van der Waals surface area contributed by atoms with Gasteiger partial charge in [-0.15, -0.1) is 5.73 Å². The van der Waals surface area contributed by atoms with Crippen LogP contribution in [0.25, 0.3) is 6.08 Å². The summed E-state index contributed by atoms with van der Waals surface area (Å²) < 4.78 is 4.77. The average Bonchev–Trinajstić information content (AvgIpc) is 2.26. The van der Waals surface area contributed by atoms with Gasteiger partial charge < -0.3 is 4.74 Å². The topological polar surface area (TPSA) is 26.3 Å². The second kappa shape index (κ2) is 6.63. The number of carbonyl (C=O) groups is 1. The van der Waals surface area contributed by atoms with Crippen LogP contribution in [0.15, 0.2) is 42.1 Å². The van der Waals surface area contributed by atoms with Gasteiger partial charge in [0.25, 0.3) is 0 Å². The standard InChI is InChI=1S/C13H14O2/c1-2-15-13(14)11-7-6-10-12-8-4-3-5-9-12/h3-5,7-10H,2,11H2,1H3. The minimum Gasteiger partial charge on any atom is -0.466 e. The van der Waals surface area contributed by atoms with Crippen LogP contribution in [0.5, 0.6) is 0 Å². The van der Waals surface area contributed by atoms with E-state index in [0.29, 0.717) is 6.61 Å². The first-order chi connectivity index (χ1) is 7.33. The number of benzene rings is 1. The number of carbonyl (C=O) groups excluding carboxylic acids is 1. The molecule has 0 aliphatic carbocycles. The van der Waals surface area contributed by atoms with E-state index >= 15 is 0 Å². The van der Waals surface area contributed by atoms with Crippen molar-refractivity contribution in [3.8, 4) is 0 Å². The Hall–Kier alpha value is -1.79. The van der Waals surface area contributed by atoms with E-state index in [0.717, 1.165) is 5.56 Å². The van der Waals surface area contributed by atoms with E-state index in [2.05, 4.69) is 5.73 Å². The van der Waals surface area contributed by atoms with Gasteiger partial charge in [-0.3, -0.25) is 4.79 Å². The molecule has 2 heteroatoms. The Labute approximate surface area is 89.9 Å². The van der Waals surface area contributed by atoms with E-state index in [-0.39, 0.29) is 12.4 Å². The van der Waals surface area contributed by atoms with Gasteiger partial charge in [0.15, 0.2) is 0 Å². The van der Waals surface area contributed by atoms with E-state index in [9.17, 15) is 4.79 Å². The highest BCUT2D eigenvalue weighted by Gasteiger charge is 1.94. The lowest BCUT2D eigenvalue weighted by Gasteiger charge is -1.94. The predicted molar refractivity (Wildman–Crippen MR) is 60.2 cm³/mol. The van der Waals surface area contributed by atoms with Crippen LogP contribution in [0, 0.1) is 0 Å². The molecule has 1 rings (SSSR count). The van der Waals surface area contributed by atoms with Crippen molar-refractivity contribution in [2.75, 3.05) is 6.61 Å². The SMILES string of the molecule is CCOC(=O)CC=C=Cc1ccccc1. The van der Waals surface area contributed by atoms with Crippen molar-refractivity contribution in [2.45, 2.75) is 13.3 Å². The highest BCUT2D eigenvalue weighted by molar-refractivity contribution is 5.71. The zero-order valence-corrected chi connectivity index (χ0v) is 8.77. The van der Waals surface area contributed by atoms with Crippen LogP contribution in [0.2, 0.25) is 0 Å². The van der Waals surface area contributed by atoms with E-state index in [1.807, 2.05) is 36.4 Å². The molecule has 0 bridgehead atoms. The monoisotopic (exact) mass is 202 g/mol. The molecule has 0 aliphatic heterocycles. The largest absolute Gasteiger partial charge is 0.466 e. The molecule has 0 amide bonds. The first-order valence-corrected chi connectivity index (χ1v) is 4.94. The van der Waals surface area contributed by atoms with Gasteiger partial charge in [0.2, 0.25) is 0 Å². The maximum atomic E-state index is 10.9. The van der Waals surface area contributed by atoms with Crippen molar-refractivity contribution < 1.29 is 9.53 Å². The van der Waals surface area contributed by atoms with Crippen molar-refractivity contribution in [3.63, 3.8) is 0 Å². The Morgan fingerprint density at radius 2 is 2.13 bits per heavy atom. The van der Waals surface area contributed by atoms with E-state index in [1.54, 1.807) is 13.0 Å². The van der Waals surface area contributed by atoms with Crippen molar-refractivity contribution in [1.82, 2.24) is 0 Å². The summed E-state index contributed by atoms with van der Waals surface area (Å²) in [4.78, 5) is 10.9. The molecule has 0 fully saturated rings. The molecule has 0 aliphatic rings. The molecule has 0 spiro atoms. The highest BCUT2D eigenvalue weighted by atomic mass is 16.5. The first kappa shape index (κ1) is 11.3. The number of ether oxygens (including phenoxy) is 1. The van der Waals surface area contributed by atoms with Crippen LogP contribution in [-0.2, 0) is 9.53 Å². The second-order valence-electron chi connectivity index (χ2n) is 2.93. The van der Waals surface area contributed by atoms with Crippen LogP contribution in [0.4, 0.5) is 0 Å². The fourth-order valence-corrected chi connectivity index (χ4v) is 1.07. The summed E-state index contributed by atoms with van der Waals surface area (Å²) in [6.45, 7) is 2.22. The first-order valence-electron chi connectivity index (χ1n) is 4.94. The zero-order valence-electron chi connectivity index (χ0n) is 8.77. The van der Waals surface area contributed by atoms with Crippen LogP contribution in [0.1, 0.15) is 18.9 Å². The molecule has 15 heavy (non-hydrogen) atoms. The van der Waals surface area contributed by atoms with Gasteiger partial charge in [-0.2, -0.15) is 0 Å². The molecule has 0 radical (unpaired) electrons. The quantitative estimate of drug-likeness (QED) is 0.554. The van der Waals surface area contributed by atoms with Crippen LogP contribution >= 0.6 is 0 Å². The van der Waals surface area contributed by atoms with Gasteiger partial charge in [0.1, 0.15) is 0 Å². The van der Waals surface area contributed by atoms with Gasteiger partial charge in [0, 0.05) is 0 Å². The van der Waals surface area contributed by atoms with E-state index in [1.165, 1.54) is 0 Å². The predicted octanol–water partition coefficient (Wildman–Crippen LogP) is 2.81. The molecule has 2 nitrogen and oxygen atoms in total. The van der Waals surface area contributed by atoms with Crippen LogP contribution < -0.4 is 0 Å². The molecular weight excluding hydrogens is 188 g/mol. The lowest BCUT2D eigenvalue weighted by atomic mass is 10.2. The molecule has 0 N–H and O–H groups in total. The van der Waals surface area contributed by atoms with E-state index < -0.39 is 0 Å². The minimum absolute atomic E-state index is 0.216. The third-order valence-corrected chi connectivity index (χ3v) is 1.74. The van der Waals surface area contributed by atoms with Gasteiger partial charge in [-0.25, -0.2) is 0 Å². The molecule has 0 saturated carbocycles. The second-order valence-corrected chi connectivity index (χ2v) is 2.93. The van der Waals surface area contributed by atoms with E-state index in [4.69, 9.17) is 4.74 Å². The Kier molecular flexibility index (Phi) is 4.99. The molecule has 0 heterocycles. The molecular formula is C13H14O2. The summed E-state index contributed by atoms with van der Waals surface area (Å²) in [5.41, 5.74) is 4.01. The van der Waals surface area contributed by atoms with Gasteiger partial charge in [-0.05, 0) is 24.6 Å². The van der Waals surface area contributed by atoms with Crippen LogP contribution in [-0.4, -0.2) is 12.6 Å². The summed E-state index contributed by atoms with van der Waals surface area (Å²) in [7, 11) is 0. The summed E-state index contributed by atoms with van der Waals surface area (Å²) in [5, 5.41) is 0. The van der Waals surface area contributed by atoms with Crippen molar-refractivity contribution >= 4 is 12.0 Å². The van der Waals surface area contributed by atoms with Crippen molar-refractivity contribution in [1.29, 1.82) is 0 Å². The minimum atomic E-state index is -0.216. The number of hydrogen-bond donors (Lipinski definition) is 0. The van der Waals surface area contributed by atoms with Gasteiger partial charge in [0.05, 0.1) is 13.0 Å². The average molecular weight is 202 g/mol. The molecule has 0 atom stereocenters. The third-order valence-electron chi connectivity index (χ3n) is 1.74.